The molecule has 143 heavy (non-hydrogen) atoms. The van der Waals surface area contributed by atoms with E-state index in [-0.39, 0.29) is 122 Å². The van der Waals surface area contributed by atoms with Gasteiger partial charge in [0.1, 0.15) is 17.5 Å². The summed E-state index contributed by atoms with van der Waals surface area (Å²) < 4.78 is 12.1. The smallest absolute Gasteiger partial charge is 0.339 e. The molecule has 0 aliphatic carbocycles. The zero-order valence-electron chi connectivity index (χ0n) is 79.0. The molecule has 2 aliphatic heterocycles. The number of carbonyl (C=O) groups is 16. The Kier molecular flexibility index (Phi) is 39.2. The maximum absolute atomic E-state index is 13.7. The molecule has 6 aromatic carbocycles. The van der Waals surface area contributed by atoms with Gasteiger partial charge in [0.2, 0.25) is 29.6 Å². The van der Waals surface area contributed by atoms with Crippen molar-refractivity contribution in [3.63, 3.8) is 0 Å². The summed E-state index contributed by atoms with van der Waals surface area (Å²) in [6, 6.07) is 32.8. The number of aryl methyl sites for hydroxylation is 2. The van der Waals surface area contributed by atoms with Crippen molar-refractivity contribution in [2.75, 3.05) is 72.2 Å². The third-order valence-corrected chi connectivity index (χ3v) is 24.8. The molecule has 8 amide bonds. The van der Waals surface area contributed by atoms with Crippen molar-refractivity contribution in [3.8, 4) is 0 Å². The quantitative estimate of drug-likeness (QED) is 0.00247. The molecule has 2 aliphatic rings. The molecule has 4 aromatic heterocycles. The first-order chi connectivity index (χ1) is 68.0. The molecule has 0 saturated carbocycles. The van der Waals surface area contributed by atoms with E-state index in [4.69, 9.17) is 43.4 Å². The number of nitrogens with zero attached hydrogens (tertiary/aromatic N) is 7. The van der Waals surface area contributed by atoms with Crippen LogP contribution in [-0.2, 0) is 73.6 Å². The molecule has 1 saturated heterocycles. The highest BCUT2D eigenvalue weighted by Crippen LogP contribution is 2.44. The first-order valence-electron chi connectivity index (χ1n) is 45.3. The van der Waals surface area contributed by atoms with Crippen molar-refractivity contribution in [1.29, 1.82) is 0 Å². The number of carbonyl (C=O) groups excluding carboxylic acids is 11. The number of imide groups is 1. The summed E-state index contributed by atoms with van der Waals surface area (Å²) in [5.74, 6) is -17.7. The van der Waals surface area contributed by atoms with Crippen LogP contribution >= 0.6 is 23.4 Å². The van der Waals surface area contributed by atoms with Gasteiger partial charge in [0, 0.05) is 138 Å². The average Bonchev–Trinajstić information content (AvgIpc) is 1.62. The molecule has 6 heterocycles. The number of hydrogen-bond acceptors (Lipinski definition) is 28. The molecule has 0 radical (unpaired) electrons. The number of Topliss-reactive ketones (excluding diaryl/α,β-unsaturated/α-hetero) is 4. The number of hydrazone groups is 1. The Labute approximate surface area is 826 Å². The van der Waals surface area contributed by atoms with Crippen LogP contribution in [0, 0.1) is 31.6 Å². The van der Waals surface area contributed by atoms with Crippen LogP contribution in [0.2, 0.25) is 0 Å². The number of aromatic amines is 3. The number of halogens is 1. The number of aliphatic imine (C=N–C) groups is 1. The fourth-order valence-corrected chi connectivity index (χ4v) is 17.0. The third-order valence-electron chi connectivity index (χ3n) is 23.0. The van der Waals surface area contributed by atoms with Gasteiger partial charge in [-0.25, -0.2) is 25.0 Å². The number of hydrogen-bond donors (Lipinski definition) is 18. The molecule has 0 bridgehead atoms. The number of rotatable bonds is 48. The van der Waals surface area contributed by atoms with Gasteiger partial charge in [-0.3, -0.25) is 86.8 Å². The summed E-state index contributed by atoms with van der Waals surface area (Å²) in [7, 11) is 2.11. The van der Waals surface area contributed by atoms with Crippen molar-refractivity contribution in [2.45, 2.75) is 160 Å². The number of nitrogens with one attached hydrogen (secondary N) is 10. The zero-order chi connectivity index (χ0) is 104. The summed E-state index contributed by atoms with van der Waals surface area (Å²) in [6.07, 6.45) is -4.78. The molecule has 46 heteroatoms. The van der Waals surface area contributed by atoms with Gasteiger partial charge in [-0.05, 0) is 135 Å². The van der Waals surface area contributed by atoms with Crippen molar-refractivity contribution in [1.82, 2.24) is 56.2 Å². The number of ether oxygens (including phenoxy) is 2. The lowest BCUT2D eigenvalue weighted by atomic mass is 9.91. The lowest BCUT2D eigenvalue weighted by Crippen LogP contribution is -2.48. The number of nitrogen functional groups attached to an aromatic ring is 1. The lowest BCUT2D eigenvalue weighted by molar-refractivity contribution is -0.155. The molecule has 44 nitrogen and oxygen atoms in total. The number of thioether (sulfide) groups is 1. The second kappa shape index (κ2) is 51.3. The predicted octanol–water partition coefficient (Wildman–Crippen LogP) is 8.94. The minimum Gasteiger partial charge on any atom is -0.481 e. The van der Waals surface area contributed by atoms with Crippen LogP contribution in [0.15, 0.2) is 148 Å². The number of aromatic nitrogens is 6. The minimum absolute atomic E-state index is 0.0162. The number of likely N-dealkylation sites (tertiary alicyclic amines) is 1. The Balaban J connectivity index is 0.000000254. The Morgan fingerprint density at radius 2 is 1.27 bits per heavy atom. The van der Waals surface area contributed by atoms with Gasteiger partial charge in [-0.1, -0.05) is 67.9 Å². The number of ketones is 4. The van der Waals surface area contributed by atoms with Gasteiger partial charge in [-0.2, -0.15) is 10.1 Å². The van der Waals surface area contributed by atoms with Gasteiger partial charge in [0.05, 0.1) is 104 Å². The number of anilines is 5. The van der Waals surface area contributed by atoms with Gasteiger partial charge >= 0.3 is 35.9 Å². The Morgan fingerprint density at radius 3 is 1.90 bits per heavy atom. The Bertz CT molecular complexity index is 6580. The molecular formula is C97H111ClN20O24S. The molecule has 12 rings (SSSR count). The van der Waals surface area contributed by atoms with Gasteiger partial charge in [0.15, 0.2) is 40.8 Å². The number of aliphatic carboxylic acids is 5. The second-order valence-corrected chi connectivity index (χ2v) is 35.9. The highest BCUT2D eigenvalue weighted by atomic mass is 35.5. The van der Waals surface area contributed by atoms with E-state index >= 15 is 0 Å². The number of H-pyrrole nitrogens is 3. The van der Waals surface area contributed by atoms with Crippen LogP contribution in [0.5, 0.6) is 0 Å². The highest BCUT2D eigenvalue weighted by Gasteiger charge is 2.40. The SMILES string of the molecule is CC(=O)c1cc2cc(NC(=O)c3cc4cc(NC(=O)N/N=C(/C)CCOC(OCCN5C(=O)CC(SC[C@@H](C)C(=O)O)C5=O)c5ccc(C)cc5)ccc4[nH]3)ccc2[nH]1.CCC(=O)[C@H](CC(=O)O)NC(=O)[C@H](CC(=O)O)CC(=O)[C@H](CCCN=C(N)N)NC(=O)[C@H](CC(=O)O)CC(=O)CC[C@H](NC(=O)c1ccc(NCc2cnc3nc(N)[nH]c(=O)c3n2)cc1)C(=O)O.Cc1cc2c(c3ccccc13)C(Cl)CN2C. The zero-order valence-corrected chi connectivity index (χ0v) is 80.5. The Morgan fingerprint density at radius 1 is 0.650 bits per heavy atom. The minimum atomic E-state index is -1.66. The number of nitrogens with two attached hydrogens (primary N) is 3. The molecule has 3 unspecified atom stereocenters. The first-order valence-corrected chi connectivity index (χ1v) is 46.8. The molecule has 1 fully saturated rings. The average molecular weight is 2010 g/mol. The van der Waals surface area contributed by atoms with Crippen LogP contribution in [0.25, 0.3) is 43.7 Å². The second-order valence-electron chi connectivity index (χ2n) is 34.1. The number of alkyl halides is 1. The van der Waals surface area contributed by atoms with E-state index in [2.05, 4.69) is 127 Å². The van der Waals surface area contributed by atoms with Crippen molar-refractivity contribution >= 4 is 202 Å². The van der Waals surface area contributed by atoms with Crippen LogP contribution in [-0.4, -0.2) is 235 Å². The molecule has 21 N–H and O–H groups in total. The maximum Gasteiger partial charge on any atom is 0.339 e. The number of amides is 8. The van der Waals surface area contributed by atoms with E-state index in [1.165, 1.54) is 83.7 Å². The maximum atomic E-state index is 13.7. The lowest BCUT2D eigenvalue weighted by Gasteiger charge is -2.24. The predicted molar refractivity (Wildman–Crippen MR) is 532 cm³/mol. The fourth-order valence-electron chi connectivity index (χ4n) is 15.4. The van der Waals surface area contributed by atoms with Crippen molar-refractivity contribution < 1.29 is 112 Å². The Hall–Kier alpha value is -15.9. The monoisotopic (exact) mass is 2010 g/mol. The van der Waals surface area contributed by atoms with E-state index in [0.717, 1.165) is 33.5 Å². The number of fused-ring (bicyclic) bond motifs is 6. The largest absolute Gasteiger partial charge is 0.481 e. The van der Waals surface area contributed by atoms with E-state index in [1.54, 1.807) is 62.4 Å². The fraction of sp³-hybridized carbons (Fsp3) is 0.361. The summed E-state index contributed by atoms with van der Waals surface area (Å²) >= 11 is 7.60. The topological polar surface area (TPSA) is 689 Å². The summed E-state index contributed by atoms with van der Waals surface area (Å²) in [5.41, 5.74) is 28.7. The number of carboxylic acid groups (broad SMARTS) is 5. The van der Waals surface area contributed by atoms with E-state index in [1.807, 2.05) is 31.2 Å². The molecule has 756 valence electrons. The van der Waals surface area contributed by atoms with Crippen LogP contribution in [0.1, 0.15) is 176 Å². The van der Waals surface area contributed by atoms with Gasteiger partial charge in [0.25, 0.3) is 17.4 Å². The molecule has 10 aromatic rings. The number of guanidine groups is 1. The standard InChI is InChI=1S/C42H45N7O9S.C41H52N12O15.C14H14ClN/c1-23-5-7-27(8-6-23)41(58-16-14-49-37(51)21-36(39(49)53)59-22-24(2)40(54)55)57-15-13-25(3)47-48-42(56)44-31-10-12-33-29(18-31)20-35(46-33)38(52)43-30-9-11-32-28(17-30)19-34(45-32)26(4)50;1-2-28(55)27(16-32(61)62)51-37(65)21(15-31(59)60)13-29(56)25(4-3-11-45-40(42)43)49-36(64)20(14-30(57)58)12-24(54)9-10-26(39(67)68)50-35(63)19-5-7-22(8-6-19)46-17-23-18-47-34-33(48-23)38(66)53-41(44)52-34;1-9-7-13-14(12(15)8-16(13)2)11-6-4-3-5-10(9)11/h5-12,17-20,24,36,41,45-46H,13-16,21-22H2,1-4H3,(H,43,52)(H,54,55)(H2,44,48,56);5-8,18,20-21,25-27,46H,2-4,9-17H2,1H3,(H,49,64)(H,50,63)(H,51,65)(H,57,58)(H,59,60)(H,61,62)(H,67,68)(H4,42,43,45)(H3,44,47,52,53,66);3-7,12H,8H2,1-2H3/b47-25-;;/t24-,36?,41?;20-,21-,25-,26-,27-;/m10./s1. The van der Waals surface area contributed by atoms with Gasteiger partial charge in [-0.15, -0.1) is 23.4 Å². The van der Waals surface area contributed by atoms with Crippen molar-refractivity contribution in [2.24, 2.45) is 39.3 Å². The normalized spacial score (nSPS) is 14.7. The summed E-state index contributed by atoms with van der Waals surface area (Å²) in [6.45, 7) is 11.5. The van der Waals surface area contributed by atoms with E-state index < -0.39 is 169 Å². The molecular weight excluding hydrogens is 1900 g/mol. The first kappa shape index (κ1) is 109. The molecule has 9 atom stereocenters. The van der Waals surface area contributed by atoms with Crippen LogP contribution in [0.4, 0.5) is 33.5 Å². The number of urea groups is 1. The van der Waals surface area contributed by atoms with Crippen LogP contribution in [0.3, 0.4) is 0 Å². The summed E-state index contributed by atoms with van der Waals surface area (Å²) in [5, 5.41) is 70.6. The van der Waals surface area contributed by atoms with Gasteiger partial charge < -0.3 is 99.0 Å². The highest BCUT2D eigenvalue weighted by molar-refractivity contribution is 8.00. The molecule has 0 spiro atoms. The van der Waals surface area contributed by atoms with E-state index in [0.29, 0.717) is 57.2 Å². The number of benzene rings is 6. The number of carboxylic acids is 5. The van der Waals surface area contributed by atoms with Crippen LogP contribution < -0.4 is 65.0 Å². The third kappa shape index (κ3) is 31.8. The van der Waals surface area contributed by atoms with Crippen molar-refractivity contribution in [3.05, 3.63) is 189 Å². The van der Waals surface area contributed by atoms with E-state index in [9.17, 15) is 102 Å². The number of likely N-dealkylation sites (N-methyl/N-ethyl adjacent to an activating group) is 1. The summed E-state index contributed by atoms with van der Waals surface area (Å²) in [4.78, 5) is 240.